The second-order valence-electron chi connectivity index (χ2n) is 7.70. The molecule has 0 saturated heterocycles. The lowest BCUT2D eigenvalue weighted by Gasteiger charge is -2.13. The van der Waals surface area contributed by atoms with E-state index in [0.29, 0.717) is 26.1 Å². The van der Waals surface area contributed by atoms with Gasteiger partial charge in [0.15, 0.2) is 0 Å². The molecule has 0 bridgehead atoms. The number of unbranched alkanes of at least 4 members (excludes halogenated alkanes) is 2. The highest BCUT2D eigenvalue weighted by Crippen LogP contribution is 2.32. The van der Waals surface area contributed by atoms with Crippen LogP contribution in [-0.4, -0.2) is 24.7 Å². The third-order valence-corrected chi connectivity index (χ3v) is 5.64. The molecule has 3 rings (SSSR count). The zero-order valence-corrected chi connectivity index (χ0v) is 19.6. The summed E-state index contributed by atoms with van der Waals surface area (Å²) in [5, 5.41) is 3.30. The average Bonchev–Trinajstić information content (AvgIpc) is 3.35. The summed E-state index contributed by atoms with van der Waals surface area (Å²) in [6.45, 7) is 2.16. The van der Waals surface area contributed by atoms with Crippen LogP contribution in [0.15, 0.2) is 65.3 Å². The second-order valence-corrected chi connectivity index (χ2v) is 8.52. The van der Waals surface area contributed by atoms with Crippen LogP contribution >= 0.6 is 8.25 Å². The Kier molecular flexibility index (Phi) is 10.7. The van der Waals surface area contributed by atoms with E-state index in [1.807, 2.05) is 42.5 Å². The maximum absolute atomic E-state index is 13.7. The number of hydrogen-bond acceptors (Lipinski definition) is 5. The first-order valence-corrected chi connectivity index (χ1v) is 12.5. The standard InChI is InChI=1S/C25H31FNO5P/c26-23-10-4-3-9-21(23)8-2-1-5-15-30-25-13-12-20(18-22(25)24-11-6-16-31-24)19-27-14-7-17-32-33(28)29/h3-4,6,9-13,16,18,27,33H,1-2,5,7-8,14-15,17,19H2,(H,28,29). The minimum atomic E-state index is -2.85. The van der Waals surface area contributed by atoms with Gasteiger partial charge in [0.25, 0.3) is 0 Å². The van der Waals surface area contributed by atoms with E-state index in [4.69, 9.17) is 14.0 Å². The van der Waals surface area contributed by atoms with Crippen molar-refractivity contribution in [1.82, 2.24) is 5.32 Å². The largest absolute Gasteiger partial charge is 0.493 e. The molecule has 178 valence electrons. The molecule has 8 heteroatoms. The summed E-state index contributed by atoms with van der Waals surface area (Å²) < 4.78 is 40.6. The van der Waals surface area contributed by atoms with Crippen LogP contribution in [0, 0.1) is 5.82 Å². The second kappa shape index (κ2) is 14.0. The van der Waals surface area contributed by atoms with Gasteiger partial charge in [-0.1, -0.05) is 24.3 Å². The lowest BCUT2D eigenvalue weighted by molar-refractivity contribution is 0.276. The van der Waals surface area contributed by atoms with E-state index in [2.05, 4.69) is 9.84 Å². The van der Waals surface area contributed by atoms with Gasteiger partial charge >= 0.3 is 8.25 Å². The third-order valence-electron chi connectivity index (χ3n) is 5.19. The van der Waals surface area contributed by atoms with Gasteiger partial charge in [0.1, 0.15) is 17.3 Å². The summed E-state index contributed by atoms with van der Waals surface area (Å²) in [5.74, 6) is 1.37. The molecular weight excluding hydrogens is 444 g/mol. The van der Waals surface area contributed by atoms with Crippen molar-refractivity contribution in [1.29, 1.82) is 0 Å². The molecule has 1 aromatic heterocycles. The highest BCUT2D eigenvalue weighted by Gasteiger charge is 2.11. The molecule has 33 heavy (non-hydrogen) atoms. The molecule has 1 heterocycles. The topological polar surface area (TPSA) is 80.9 Å². The van der Waals surface area contributed by atoms with Crippen LogP contribution in [0.5, 0.6) is 5.75 Å². The van der Waals surface area contributed by atoms with Crippen LogP contribution in [0.4, 0.5) is 4.39 Å². The highest BCUT2D eigenvalue weighted by molar-refractivity contribution is 7.32. The molecule has 1 unspecified atom stereocenters. The van der Waals surface area contributed by atoms with Gasteiger partial charge in [-0.15, -0.1) is 0 Å². The monoisotopic (exact) mass is 475 g/mol. The quantitative estimate of drug-likeness (QED) is 0.215. The van der Waals surface area contributed by atoms with Crippen LogP contribution in [0.3, 0.4) is 0 Å². The Hall–Kier alpha value is -2.44. The van der Waals surface area contributed by atoms with Crippen LogP contribution < -0.4 is 10.1 Å². The van der Waals surface area contributed by atoms with Gasteiger partial charge in [-0.05, 0) is 80.1 Å². The van der Waals surface area contributed by atoms with E-state index in [1.54, 1.807) is 12.3 Å². The maximum Gasteiger partial charge on any atom is 0.316 e. The van der Waals surface area contributed by atoms with Gasteiger partial charge in [0, 0.05) is 6.54 Å². The van der Waals surface area contributed by atoms with Crippen molar-refractivity contribution in [3.05, 3.63) is 77.8 Å². The molecule has 0 amide bonds. The van der Waals surface area contributed by atoms with Crippen molar-refractivity contribution >= 4 is 8.25 Å². The van der Waals surface area contributed by atoms with Crippen LogP contribution in [0.1, 0.15) is 36.8 Å². The zero-order valence-electron chi connectivity index (χ0n) is 18.6. The normalized spacial score (nSPS) is 12.1. The number of halogens is 1. The smallest absolute Gasteiger partial charge is 0.316 e. The first-order valence-electron chi connectivity index (χ1n) is 11.2. The van der Waals surface area contributed by atoms with E-state index in [0.717, 1.165) is 53.9 Å². The van der Waals surface area contributed by atoms with Gasteiger partial charge in [-0.3, -0.25) is 4.57 Å². The Bertz CT molecular complexity index is 996. The van der Waals surface area contributed by atoms with E-state index < -0.39 is 8.25 Å². The van der Waals surface area contributed by atoms with Crippen molar-refractivity contribution in [3.8, 4) is 17.1 Å². The molecule has 0 aliphatic heterocycles. The summed E-state index contributed by atoms with van der Waals surface area (Å²) >= 11 is 0. The Balaban J connectivity index is 1.46. The number of rotatable bonds is 15. The van der Waals surface area contributed by atoms with Gasteiger partial charge in [0.05, 0.1) is 25.0 Å². The number of furan rings is 1. The van der Waals surface area contributed by atoms with Crippen molar-refractivity contribution < 1.29 is 27.5 Å². The molecular formula is C25H31FNO5P. The first kappa shape index (κ1) is 25.2. The number of benzene rings is 2. The Morgan fingerprint density at radius 1 is 1.00 bits per heavy atom. The van der Waals surface area contributed by atoms with E-state index in [-0.39, 0.29) is 12.4 Å². The van der Waals surface area contributed by atoms with Crippen molar-refractivity contribution in [2.45, 2.75) is 38.6 Å². The summed E-state index contributed by atoms with van der Waals surface area (Å²) in [6.07, 6.45) is 5.79. The van der Waals surface area contributed by atoms with Crippen LogP contribution in [0.25, 0.3) is 11.3 Å². The van der Waals surface area contributed by atoms with Gasteiger partial charge in [-0.2, -0.15) is 0 Å². The van der Waals surface area contributed by atoms with Gasteiger partial charge in [-0.25, -0.2) is 4.39 Å². The minimum absolute atomic E-state index is 0.137. The molecule has 0 spiro atoms. The molecule has 1 atom stereocenters. The fraction of sp³-hybridized carbons (Fsp3) is 0.360. The molecule has 6 nitrogen and oxygen atoms in total. The number of aryl methyl sites for hydroxylation is 1. The van der Waals surface area contributed by atoms with Crippen molar-refractivity contribution in [2.75, 3.05) is 19.8 Å². The Morgan fingerprint density at radius 3 is 2.67 bits per heavy atom. The molecule has 0 radical (unpaired) electrons. The number of nitrogens with one attached hydrogen (secondary N) is 1. The van der Waals surface area contributed by atoms with Crippen LogP contribution in [-0.2, 0) is 22.1 Å². The Labute approximate surface area is 194 Å². The van der Waals surface area contributed by atoms with Crippen LogP contribution in [0.2, 0.25) is 0 Å². The van der Waals surface area contributed by atoms with Crippen molar-refractivity contribution in [3.63, 3.8) is 0 Å². The molecule has 2 N–H and O–H groups in total. The zero-order chi connectivity index (χ0) is 23.3. The fourth-order valence-electron chi connectivity index (χ4n) is 3.50. The molecule has 0 fully saturated rings. The predicted octanol–water partition coefficient (Wildman–Crippen LogP) is 5.76. The van der Waals surface area contributed by atoms with E-state index in [1.165, 1.54) is 6.07 Å². The SMILES string of the molecule is O=[PH](O)OCCCNCc1ccc(OCCCCCc2ccccc2F)c(-c2ccco2)c1. The number of hydrogen-bond donors (Lipinski definition) is 2. The lowest BCUT2D eigenvalue weighted by Crippen LogP contribution is -2.16. The Morgan fingerprint density at radius 2 is 1.88 bits per heavy atom. The lowest BCUT2D eigenvalue weighted by atomic mass is 10.1. The molecule has 0 aliphatic rings. The summed E-state index contributed by atoms with van der Waals surface area (Å²) in [4.78, 5) is 8.66. The maximum atomic E-state index is 13.7. The van der Waals surface area contributed by atoms with Gasteiger partial charge in [0.2, 0.25) is 0 Å². The molecule has 0 aliphatic carbocycles. The summed E-state index contributed by atoms with van der Waals surface area (Å²) in [7, 11) is -2.85. The predicted molar refractivity (Wildman–Crippen MR) is 127 cm³/mol. The molecule has 3 aromatic rings. The van der Waals surface area contributed by atoms with E-state index in [9.17, 15) is 8.96 Å². The van der Waals surface area contributed by atoms with E-state index >= 15 is 0 Å². The average molecular weight is 475 g/mol. The highest BCUT2D eigenvalue weighted by atomic mass is 31.1. The third kappa shape index (κ3) is 8.78. The first-order chi connectivity index (χ1) is 16.1. The number of ether oxygens (including phenoxy) is 1. The minimum Gasteiger partial charge on any atom is -0.493 e. The molecule has 2 aromatic carbocycles. The molecule has 0 saturated carbocycles. The summed E-state index contributed by atoms with van der Waals surface area (Å²) in [6, 6.07) is 16.7. The van der Waals surface area contributed by atoms with Crippen molar-refractivity contribution in [2.24, 2.45) is 0 Å². The van der Waals surface area contributed by atoms with Gasteiger partial charge < -0.3 is 23.9 Å². The fourth-order valence-corrected chi connectivity index (χ4v) is 3.82. The summed E-state index contributed by atoms with van der Waals surface area (Å²) in [5.41, 5.74) is 2.74.